The summed E-state index contributed by atoms with van der Waals surface area (Å²) in [6.45, 7) is 4.50. The lowest BCUT2D eigenvalue weighted by atomic mass is 9.87. The Bertz CT molecular complexity index is 724. The number of carboxylic acids is 1. The largest absolute Gasteiger partial charge is 0.485 e. The highest BCUT2D eigenvalue weighted by molar-refractivity contribution is 6.03. The van der Waals surface area contributed by atoms with Crippen LogP contribution in [-0.2, 0) is 9.53 Å². The molecule has 1 aromatic carbocycles. The first-order valence-corrected chi connectivity index (χ1v) is 10.0. The van der Waals surface area contributed by atoms with Crippen molar-refractivity contribution in [1.29, 1.82) is 0 Å². The number of rotatable bonds is 6. The number of benzene rings is 1. The lowest BCUT2D eigenvalue weighted by Gasteiger charge is -2.33. The SMILES string of the molecule is CC(C)N(C(=O)C1CCCCC1)c1cc(F)c(OC2CCOC2)cc1C(=O)O. The molecule has 3 rings (SSSR count). The Morgan fingerprint density at radius 1 is 1.21 bits per heavy atom. The van der Waals surface area contributed by atoms with Gasteiger partial charge in [0.25, 0.3) is 0 Å². The quantitative estimate of drug-likeness (QED) is 0.790. The van der Waals surface area contributed by atoms with Gasteiger partial charge in [-0.1, -0.05) is 19.3 Å². The molecule has 1 amide bonds. The molecule has 0 spiro atoms. The molecule has 28 heavy (non-hydrogen) atoms. The number of hydrogen-bond acceptors (Lipinski definition) is 4. The maximum Gasteiger partial charge on any atom is 0.337 e. The number of carbonyl (C=O) groups is 2. The summed E-state index contributed by atoms with van der Waals surface area (Å²) >= 11 is 0. The summed E-state index contributed by atoms with van der Waals surface area (Å²) in [5, 5.41) is 9.72. The molecule has 1 aliphatic carbocycles. The number of anilines is 1. The van der Waals surface area contributed by atoms with E-state index in [1.165, 1.54) is 11.0 Å². The van der Waals surface area contributed by atoms with Crippen LogP contribution in [0.5, 0.6) is 5.75 Å². The zero-order chi connectivity index (χ0) is 20.3. The van der Waals surface area contributed by atoms with E-state index in [9.17, 15) is 19.1 Å². The first kappa shape index (κ1) is 20.6. The second-order valence-electron chi connectivity index (χ2n) is 7.85. The van der Waals surface area contributed by atoms with E-state index in [1.807, 2.05) is 13.8 Å². The molecule has 0 radical (unpaired) electrons. The lowest BCUT2D eigenvalue weighted by Crippen LogP contribution is -2.42. The van der Waals surface area contributed by atoms with Gasteiger partial charge in [0.1, 0.15) is 6.10 Å². The van der Waals surface area contributed by atoms with Crippen LogP contribution in [0.3, 0.4) is 0 Å². The third kappa shape index (κ3) is 4.46. The Kier molecular flexibility index (Phi) is 6.54. The Hall–Kier alpha value is -2.15. The van der Waals surface area contributed by atoms with Gasteiger partial charge in [-0.05, 0) is 32.8 Å². The van der Waals surface area contributed by atoms with Gasteiger partial charge in [-0.15, -0.1) is 0 Å². The Morgan fingerprint density at radius 3 is 2.50 bits per heavy atom. The zero-order valence-electron chi connectivity index (χ0n) is 16.4. The third-order valence-corrected chi connectivity index (χ3v) is 5.43. The molecular weight excluding hydrogens is 365 g/mol. The van der Waals surface area contributed by atoms with Crippen LogP contribution in [0.25, 0.3) is 0 Å². The van der Waals surface area contributed by atoms with Crippen molar-refractivity contribution in [2.45, 2.75) is 64.5 Å². The fourth-order valence-corrected chi connectivity index (χ4v) is 3.99. The topological polar surface area (TPSA) is 76.1 Å². The molecule has 6 nitrogen and oxygen atoms in total. The standard InChI is InChI=1S/C21H28FNO5/c1-13(2)23(20(24)14-6-4-3-5-7-14)18-11-17(22)19(10-16(18)21(25)26)28-15-8-9-27-12-15/h10-11,13-15H,3-9,12H2,1-2H3,(H,25,26). The van der Waals surface area contributed by atoms with Gasteiger partial charge in [-0.2, -0.15) is 0 Å². The minimum atomic E-state index is -1.22. The summed E-state index contributed by atoms with van der Waals surface area (Å²) < 4.78 is 25.6. The summed E-state index contributed by atoms with van der Waals surface area (Å²) in [5.41, 5.74) is -0.0428. The minimum absolute atomic E-state index is 0.0885. The maximum absolute atomic E-state index is 14.8. The molecule has 1 aliphatic heterocycles. The van der Waals surface area contributed by atoms with Gasteiger partial charge in [0.15, 0.2) is 11.6 Å². The normalized spacial score (nSPS) is 20.4. The van der Waals surface area contributed by atoms with Gasteiger partial charge in [-0.25, -0.2) is 9.18 Å². The van der Waals surface area contributed by atoms with E-state index in [-0.39, 0.29) is 41.0 Å². The second kappa shape index (κ2) is 8.90. The molecule has 2 aliphatic rings. The number of nitrogens with zero attached hydrogens (tertiary/aromatic N) is 1. The van der Waals surface area contributed by atoms with Crippen LogP contribution in [0.4, 0.5) is 10.1 Å². The van der Waals surface area contributed by atoms with Crippen molar-refractivity contribution in [2.24, 2.45) is 5.92 Å². The van der Waals surface area contributed by atoms with Gasteiger partial charge in [0.05, 0.1) is 24.5 Å². The summed E-state index contributed by atoms with van der Waals surface area (Å²) in [6, 6.07) is 2.02. The number of amides is 1. The van der Waals surface area contributed by atoms with Gasteiger partial charge in [0, 0.05) is 24.4 Å². The number of halogens is 1. The predicted octanol–water partition coefficient (Wildman–Crippen LogP) is 4.01. The Morgan fingerprint density at radius 2 is 1.93 bits per heavy atom. The predicted molar refractivity (Wildman–Crippen MR) is 102 cm³/mol. The van der Waals surface area contributed by atoms with Crippen LogP contribution in [0, 0.1) is 11.7 Å². The molecule has 1 unspecified atom stereocenters. The molecule has 1 N–H and O–H groups in total. The van der Waals surface area contributed by atoms with Crippen molar-refractivity contribution in [2.75, 3.05) is 18.1 Å². The fourth-order valence-electron chi connectivity index (χ4n) is 3.99. The molecule has 154 valence electrons. The van der Waals surface area contributed by atoms with Crippen molar-refractivity contribution in [1.82, 2.24) is 0 Å². The van der Waals surface area contributed by atoms with Gasteiger partial charge >= 0.3 is 5.97 Å². The molecule has 1 aromatic rings. The van der Waals surface area contributed by atoms with E-state index in [0.29, 0.717) is 19.6 Å². The van der Waals surface area contributed by atoms with Gasteiger partial charge in [-0.3, -0.25) is 4.79 Å². The first-order chi connectivity index (χ1) is 13.4. The van der Waals surface area contributed by atoms with Crippen molar-refractivity contribution in [3.63, 3.8) is 0 Å². The van der Waals surface area contributed by atoms with E-state index in [4.69, 9.17) is 9.47 Å². The van der Waals surface area contributed by atoms with E-state index in [0.717, 1.165) is 38.2 Å². The van der Waals surface area contributed by atoms with Gasteiger partial charge in [0.2, 0.25) is 5.91 Å². The molecule has 7 heteroatoms. The van der Waals surface area contributed by atoms with Crippen LogP contribution < -0.4 is 9.64 Å². The highest BCUT2D eigenvalue weighted by atomic mass is 19.1. The minimum Gasteiger partial charge on any atom is -0.485 e. The van der Waals surface area contributed by atoms with Crippen LogP contribution in [-0.4, -0.2) is 42.3 Å². The monoisotopic (exact) mass is 393 g/mol. The molecule has 1 saturated carbocycles. The summed E-state index contributed by atoms with van der Waals surface area (Å²) in [5.74, 6) is -2.29. The van der Waals surface area contributed by atoms with Gasteiger partial charge < -0.3 is 19.5 Å². The molecule has 1 heterocycles. The molecule has 1 atom stereocenters. The molecule has 0 aromatic heterocycles. The first-order valence-electron chi connectivity index (χ1n) is 10.0. The molecule has 1 saturated heterocycles. The number of ether oxygens (including phenoxy) is 2. The van der Waals surface area contributed by atoms with Crippen molar-refractivity contribution < 1.29 is 28.6 Å². The van der Waals surface area contributed by atoms with Crippen LogP contribution >= 0.6 is 0 Å². The third-order valence-electron chi connectivity index (χ3n) is 5.43. The average molecular weight is 393 g/mol. The van der Waals surface area contributed by atoms with Crippen molar-refractivity contribution in [3.05, 3.63) is 23.5 Å². The Balaban J connectivity index is 1.95. The van der Waals surface area contributed by atoms with Crippen LogP contribution in [0.15, 0.2) is 12.1 Å². The van der Waals surface area contributed by atoms with Crippen LogP contribution in [0.2, 0.25) is 0 Å². The maximum atomic E-state index is 14.8. The molecule has 0 bridgehead atoms. The number of aromatic carboxylic acids is 1. The molecular formula is C21H28FNO5. The van der Waals surface area contributed by atoms with Crippen molar-refractivity contribution >= 4 is 17.6 Å². The fraction of sp³-hybridized carbons (Fsp3) is 0.619. The Labute approximate surface area is 164 Å². The number of carboxylic acid groups (broad SMARTS) is 1. The number of hydrogen-bond donors (Lipinski definition) is 1. The number of carbonyl (C=O) groups excluding carboxylic acids is 1. The molecule has 2 fully saturated rings. The highest BCUT2D eigenvalue weighted by Gasteiger charge is 2.32. The highest BCUT2D eigenvalue weighted by Crippen LogP contribution is 2.34. The zero-order valence-corrected chi connectivity index (χ0v) is 16.4. The average Bonchev–Trinajstić information content (AvgIpc) is 3.17. The van der Waals surface area contributed by atoms with Crippen molar-refractivity contribution in [3.8, 4) is 5.75 Å². The summed E-state index contributed by atoms with van der Waals surface area (Å²) in [4.78, 5) is 26.5. The summed E-state index contributed by atoms with van der Waals surface area (Å²) in [6.07, 6.45) is 4.98. The van der Waals surface area contributed by atoms with Crippen LogP contribution in [0.1, 0.15) is 62.7 Å². The van der Waals surface area contributed by atoms with E-state index >= 15 is 0 Å². The lowest BCUT2D eigenvalue weighted by molar-refractivity contribution is -0.123. The smallest absolute Gasteiger partial charge is 0.337 e. The summed E-state index contributed by atoms with van der Waals surface area (Å²) in [7, 11) is 0. The van der Waals surface area contributed by atoms with E-state index in [1.54, 1.807) is 0 Å². The second-order valence-corrected chi connectivity index (χ2v) is 7.85. The van der Waals surface area contributed by atoms with E-state index in [2.05, 4.69) is 0 Å². The van der Waals surface area contributed by atoms with E-state index < -0.39 is 11.8 Å².